The summed E-state index contributed by atoms with van der Waals surface area (Å²) in [5.74, 6) is -0.119. The first-order valence-electron chi connectivity index (χ1n) is 6.31. The van der Waals surface area contributed by atoms with Crippen LogP contribution in [0, 0.1) is 5.82 Å². The molecule has 1 aromatic rings. The number of carbonyl (C=O) groups is 1. The molecule has 2 unspecified atom stereocenters. The summed E-state index contributed by atoms with van der Waals surface area (Å²) >= 11 is 0. The SMILES string of the molecule is CC(CNC(=O)C1CCCO1)c1ccc(F)cc1. The Balaban J connectivity index is 1.82. The zero-order valence-corrected chi connectivity index (χ0v) is 10.5. The molecule has 0 bridgehead atoms. The maximum Gasteiger partial charge on any atom is 0.249 e. The van der Waals surface area contributed by atoms with Gasteiger partial charge in [0.1, 0.15) is 11.9 Å². The summed E-state index contributed by atoms with van der Waals surface area (Å²) in [6.07, 6.45) is 1.47. The van der Waals surface area contributed by atoms with Gasteiger partial charge in [0.2, 0.25) is 5.91 Å². The molecule has 0 radical (unpaired) electrons. The Bertz CT molecular complexity index is 399. The van der Waals surface area contributed by atoms with Gasteiger partial charge < -0.3 is 10.1 Å². The van der Waals surface area contributed by atoms with E-state index in [4.69, 9.17) is 4.74 Å². The van der Waals surface area contributed by atoms with Gasteiger partial charge in [-0.05, 0) is 36.5 Å². The molecule has 1 saturated heterocycles. The first kappa shape index (κ1) is 13.0. The minimum Gasteiger partial charge on any atom is -0.368 e. The van der Waals surface area contributed by atoms with Crippen LogP contribution in [0.15, 0.2) is 24.3 Å². The molecule has 0 aromatic heterocycles. The quantitative estimate of drug-likeness (QED) is 0.891. The number of carbonyl (C=O) groups excluding carboxylic acids is 1. The molecule has 1 aromatic carbocycles. The van der Waals surface area contributed by atoms with E-state index in [1.54, 1.807) is 12.1 Å². The molecule has 1 heterocycles. The number of nitrogens with one attached hydrogen (secondary N) is 1. The lowest BCUT2D eigenvalue weighted by atomic mass is 10.0. The number of ether oxygens (including phenoxy) is 1. The van der Waals surface area contributed by atoms with E-state index < -0.39 is 0 Å². The van der Waals surface area contributed by atoms with Crippen molar-refractivity contribution in [2.24, 2.45) is 0 Å². The number of hydrogen-bond donors (Lipinski definition) is 1. The van der Waals surface area contributed by atoms with E-state index in [2.05, 4.69) is 5.32 Å². The highest BCUT2D eigenvalue weighted by Crippen LogP contribution is 2.16. The van der Waals surface area contributed by atoms with Gasteiger partial charge in [0.05, 0.1) is 0 Å². The van der Waals surface area contributed by atoms with Gasteiger partial charge in [0.25, 0.3) is 0 Å². The summed E-state index contributed by atoms with van der Waals surface area (Å²) < 4.78 is 18.1. The third-order valence-corrected chi connectivity index (χ3v) is 3.24. The lowest BCUT2D eigenvalue weighted by Crippen LogP contribution is -2.36. The lowest BCUT2D eigenvalue weighted by Gasteiger charge is -2.15. The van der Waals surface area contributed by atoms with Crippen molar-refractivity contribution in [1.29, 1.82) is 0 Å². The zero-order valence-electron chi connectivity index (χ0n) is 10.5. The maximum atomic E-state index is 12.8. The number of amides is 1. The first-order chi connectivity index (χ1) is 8.66. The third kappa shape index (κ3) is 3.29. The van der Waals surface area contributed by atoms with Gasteiger partial charge in [-0.25, -0.2) is 4.39 Å². The minimum atomic E-state index is -0.287. The molecule has 0 spiro atoms. The Morgan fingerprint density at radius 3 is 2.83 bits per heavy atom. The Morgan fingerprint density at radius 2 is 2.22 bits per heavy atom. The highest BCUT2D eigenvalue weighted by Gasteiger charge is 2.23. The van der Waals surface area contributed by atoms with Crippen molar-refractivity contribution in [3.05, 3.63) is 35.6 Å². The van der Waals surface area contributed by atoms with E-state index in [0.717, 1.165) is 18.4 Å². The molecule has 4 heteroatoms. The summed E-state index contributed by atoms with van der Waals surface area (Å²) in [4.78, 5) is 11.7. The van der Waals surface area contributed by atoms with Crippen LogP contribution in [-0.4, -0.2) is 25.2 Å². The largest absolute Gasteiger partial charge is 0.368 e. The molecular formula is C14H18FNO2. The van der Waals surface area contributed by atoms with Crippen LogP contribution < -0.4 is 5.32 Å². The molecule has 0 aliphatic carbocycles. The molecule has 3 nitrogen and oxygen atoms in total. The number of hydrogen-bond acceptors (Lipinski definition) is 2. The number of benzene rings is 1. The van der Waals surface area contributed by atoms with Crippen LogP contribution in [0.4, 0.5) is 4.39 Å². The van der Waals surface area contributed by atoms with Gasteiger partial charge in [-0.2, -0.15) is 0 Å². The summed E-state index contributed by atoms with van der Waals surface area (Å²) in [6, 6.07) is 6.37. The van der Waals surface area contributed by atoms with Crippen LogP contribution in [0.3, 0.4) is 0 Å². The van der Waals surface area contributed by atoms with Crippen LogP contribution in [-0.2, 0) is 9.53 Å². The summed E-state index contributed by atoms with van der Waals surface area (Å²) in [7, 11) is 0. The van der Waals surface area contributed by atoms with Crippen molar-refractivity contribution in [2.75, 3.05) is 13.2 Å². The number of halogens is 1. The van der Waals surface area contributed by atoms with Crippen LogP contribution in [0.5, 0.6) is 0 Å². The van der Waals surface area contributed by atoms with Crippen molar-refractivity contribution < 1.29 is 13.9 Å². The van der Waals surface area contributed by atoms with Crippen molar-refractivity contribution in [2.45, 2.75) is 31.8 Å². The van der Waals surface area contributed by atoms with Crippen LogP contribution in [0.1, 0.15) is 31.2 Å². The average Bonchev–Trinajstić information content (AvgIpc) is 2.90. The Morgan fingerprint density at radius 1 is 1.50 bits per heavy atom. The molecule has 2 rings (SSSR count). The molecule has 18 heavy (non-hydrogen) atoms. The zero-order chi connectivity index (χ0) is 13.0. The molecular weight excluding hydrogens is 233 g/mol. The van der Waals surface area contributed by atoms with E-state index in [-0.39, 0.29) is 23.7 Å². The smallest absolute Gasteiger partial charge is 0.249 e. The fraction of sp³-hybridized carbons (Fsp3) is 0.500. The second-order valence-corrected chi connectivity index (χ2v) is 4.70. The Kier molecular flexibility index (Phi) is 4.31. The lowest BCUT2D eigenvalue weighted by molar-refractivity contribution is -0.130. The van der Waals surface area contributed by atoms with Gasteiger partial charge in [-0.15, -0.1) is 0 Å². The highest BCUT2D eigenvalue weighted by molar-refractivity contribution is 5.81. The topological polar surface area (TPSA) is 38.3 Å². The second-order valence-electron chi connectivity index (χ2n) is 4.70. The van der Waals surface area contributed by atoms with E-state index in [0.29, 0.717) is 13.2 Å². The van der Waals surface area contributed by atoms with Crippen LogP contribution in [0.25, 0.3) is 0 Å². The van der Waals surface area contributed by atoms with Crippen molar-refractivity contribution in [3.8, 4) is 0 Å². The monoisotopic (exact) mass is 251 g/mol. The summed E-state index contributed by atoms with van der Waals surface area (Å²) in [6.45, 7) is 3.22. The Hall–Kier alpha value is -1.42. The molecule has 0 saturated carbocycles. The average molecular weight is 251 g/mol. The standard InChI is InChI=1S/C14H18FNO2/c1-10(11-4-6-12(15)7-5-11)9-16-14(17)13-3-2-8-18-13/h4-7,10,13H,2-3,8-9H2,1H3,(H,16,17). The van der Waals surface area contributed by atoms with E-state index in [1.165, 1.54) is 12.1 Å². The maximum absolute atomic E-state index is 12.8. The van der Waals surface area contributed by atoms with Crippen molar-refractivity contribution >= 4 is 5.91 Å². The van der Waals surface area contributed by atoms with Crippen molar-refractivity contribution in [1.82, 2.24) is 5.32 Å². The van der Waals surface area contributed by atoms with Gasteiger partial charge in [0.15, 0.2) is 0 Å². The summed E-state index contributed by atoms with van der Waals surface area (Å²) in [5.41, 5.74) is 1.02. The van der Waals surface area contributed by atoms with Crippen LogP contribution >= 0.6 is 0 Å². The number of rotatable bonds is 4. The molecule has 1 N–H and O–H groups in total. The van der Waals surface area contributed by atoms with E-state index in [1.807, 2.05) is 6.92 Å². The summed E-state index contributed by atoms with van der Waals surface area (Å²) in [5, 5.41) is 2.88. The van der Waals surface area contributed by atoms with E-state index >= 15 is 0 Å². The van der Waals surface area contributed by atoms with Gasteiger partial charge in [-0.3, -0.25) is 4.79 Å². The second kappa shape index (κ2) is 5.96. The molecule has 1 fully saturated rings. The fourth-order valence-electron chi connectivity index (χ4n) is 2.06. The minimum absolute atomic E-state index is 0.0403. The molecule has 1 aliphatic rings. The molecule has 1 amide bonds. The first-order valence-corrected chi connectivity index (χ1v) is 6.31. The molecule has 98 valence electrons. The van der Waals surface area contributed by atoms with Gasteiger partial charge >= 0.3 is 0 Å². The predicted molar refractivity (Wildman–Crippen MR) is 66.8 cm³/mol. The third-order valence-electron chi connectivity index (χ3n) is 3.24. The van der Waals surface area contributed by atoms with E-state index in [9.17, 15) is 9.18 Å². The van der Waals surface area contributed by atoms with Gasteiger partial charge in [-0.1, -0.05) is 19.1 Å². The molecule has 2 atom stereocenters. The van der Waals surface area contributed by atoms with Gasteiger partial charge in [0, 0.05) is 13.2 Å². The van der Waals surface area contributed by atoms with Crippen molar-refractivity contribution in [3.63, 3.8) is 0 Å². The highest BCUT2D eigenvalue weighted by atomic mass is 19.1. The predicted octanol–water partition coefficient (Wildman–Crippen LogP) is 2.22. The molecule has 1 aliphatic heterocycles. The fourth-order valence-corrected chi connectivity index (χ4v) is 2.06. The van der Waals surface area contributed by atoms with Crippen LogP contribution in [0.2, 0.25) is 0 Å². The Labute approximate surface area is 106 Å². The normalized spacial score (nSPS) is 20.7.